The average molecular weight is 409 g/mol. The normalized spacial score (nSPS) is 12.2. The van der Waals surface area contributed by atoms with Crippen molar-refractivity contribution in [2.75, 3.05) is 0 Å². The summed E-state index contributed by atoms with van der Waals surface area (Å²) in [4.78, 5) is 0. The first kappa shape index (κ1) is 19.6. The van der Waals surface area contributed by atoms with Gasteiger partial charge in [0.1, 0.15) is 23.3 Å². The Hall–Kier alpha value is -0.700. The van der Waals surface area contributed by atoms with Gasteiger partial charge in [-0.2, -0.15) is 0 Å². The summed E-state index contributed by atoms with van der Waals surface area (Å²) in [5.74, 6) is -1.97. The van der Waals surface area contributed by atoms with E-state index in [9.17, 15) is 17.6 Å². The molecule has 2 aromatic rings. The smallest absolute Gasteiger partial charge is 0.130 e. The first-order chi connectivity index (χ1) is 11.4. The molecule has 128 valence electrons. The lowest BCUT2D eigenvalue weighted by Gasteiger charge is -2.08. The molecule has 0 aliphatic carbocycles. The first-order valence-corrected chi connectivity index (χ1v) is 9.49. The molecule has 0 radical (unpaired) electrons. The van der Waals surface area contributed by atoms with E-state index >= 15 is 0 Å². The van der Waals surface area contributed by atoms with Crippen molar-refractivity contribution in [3.8, 4) is 0 Å². The van der Waals surface area contributed by atoms with Crippen molar-refractivity contribution in [1.82, 2.24) is 0 Å². The van der Waals surface area contributed by atoms with Crippen LogP contribution in [0.5, 0.6) is 0 Å². The van der Waals surface area contributed by atoms with Crippen LogP contribution in [-0.2, 0) is 11.5 Å². The quantitative estimate of drug-likeness (QED) is 0.419. The number of halogens is 4. The molecule has 0 aromatic heterocycles. The zero-order valence-corrected chi connectivity index (χ0v) is 15.5. The van der Waals surface area contributed by atoms with Gasteiger partial charge >= 0.3 is 0 Å². The van der Waals surface area contributed by atoms with E-state index in [0.717, 1.165) is 12.1 Å². The summed E-state index contributed by atoms with van der Waals surface area (Å²) in [6.45, 7) is 0. The van der Waals surface area contributed by atoms with Gasteiger partial charge in [-0.3, -0.25) is 0 Å². The van der Waals surface area contributed by atoms with Crippen LogP contribution in [0.25, 0.3) is 0 Å². The Balaban J connectivity index is 1.95. The van der Waals surface area contributed by atoms with Gasteiger partial charge in [-0.25, -0.2) is 17.6 Å². The minimum atomic E-state index is -0.630. The molecule has 0 spiro atoms. The molecule has 0 amide bonds. The topological polar surface area (TPSA) is 0 Å². The van der Waals surface area contributed by atoms with Crippen LogP contribution in [0.4, 0.5) is 17.6 Å². The van der Waals surface area contributed by atoms with Crippen LogP contribution in [0.15, 0.2) is 44.9 Å². The van der Waals surface area contributed by atoms with Gasteiger partial charge in [0.15, 0.2) is 0 Å². The molecule has 24 heavy (non-hydrogen) atoms. The standard InChI is InChI=1S/C16H12F4S4/c17-11-3-1-9(13(19)5-11)7-23-15(21)16(22)24-8-10-2-4-12(18)6-14(10)20/h1-6,21-22H,7-8H2. The fourth-order valence-electron chi connectivity index (χ4n) is 1.69. The molecule has 0 atom stereocenters. The number of hydrogen-bond acceptors (Lipinski definition) is 4. The Morgan fingerprint density at radius 1 is 0.708 bits per heavy atom. The molecule has 0 bridgehead atoms. The predicted octanol–water partition coefficient (Wildman–Crippen LogP) is 6.40. The maximum Gasteiger partial charge on any atom is 0.130 e. The molecule has 2 aromatic carbocycles. The molecule has 0 heterocycles. The van der Waals surface area contributed by atoms with E-state index in [0.29, 0.717) is 19.6 Å². The average Bonchev–Trinajstić information content (AvgIpc) is 2.52. The lowest BCUT2D eigenvalue weighted by molar-refractivity contribution is 0.576. The van der Waals surface area contributed by atoms with Crippen LogP contribution in [0.2, 0.25) is 0 Å². The summed E-state index contributed by atoms with van der Waals surface area (Å²) >= 11 is 11.0. The fourth-order valence-corrected chi connectivity index (χ4v) is 4.12. The third-order valence-electron chi connectivity index (χ3n) is 2.94. The SMILES string of the molecule is Fc1ccc(CSC(S)=C(S)SCc2ccc(F)cc2F)c(F)c1. The first-order valence-electron chi connectivity index (χ1n) is 6.62. The van der Waals surface area contributed by atoms with Crippen LogP contribution < -0.4 is 0 Å². The summed E-state index contributed by atoms with van der Waals surface area (Å²) in [6.07, 6.45) is 0. The molecule has 0 N–H and O–H groups in total. The van der Waals surface area contributed by atoms with Crippen LogP contribution in [0.1, 0.15) is 11.1 Å². The molecular formula is C16H12F4S4. The van der Waals surface area contributed by atoms with Crippen molar-refractivity contribution in [2.45, 2.75) is 11.5 Å². The van der Waals surface area contributed by atoms with E-state index in [1.807, 2.05) is 0 Å². The highest BCUT2D eigenvalue weighted by atomic mass is 32.2. The van der Waals surface area contributed by atoms with Crippen LogP contribution in [-0.4, -0.2) is 0 Å². The Bertz CT molecular complexity index is 698. The van der Waals surface area contributed by atoms with Gasteiger partial charge in [0.25, 0.3) is 0 Å². The Kier molecular flexibility index (Phi) is 7.46. The predicted molar refractivity (Wildman–Crippen MR) is 100 cm³/mol. The minimum absolute atomic E-state index is 0.264. The van der Waals surface area contributed by atoms with E-state index in [2.05, 4.69) is 25.3 Å². The van der Waals surface area contributed by atoms with Crippen molar-refractivity contribution < 1.29 is 17.6 Å². The van der Waals surface area contributed by atoms with Crippen LogP contribution in [0.3, 0.4) is 0 Å². The Morgan fingerprint density at radius 2 is 1.08 bits per heavy atom. The second kappa shape index (κ2) is 9.12. The van der Waals surface area contributed by atoms with E-state index in [1.54, 1.807) is 0 Å². The van der Waals surface area contributed by atoms with Crippen molar-refractivity contribution in [2.24, 2.45) is 0 Å². The Morgan fingerprint density at radius 3 is 1.42 bits per heavy atom. The highest BCUT2D eigenvalue weighted by Crippen LogP contribution is 2.36. The summed E-state index contributed by atoms with van der Waals surface area (Å²) in [5.41, 5.74) is 0.701. The molecule has 0 nitrogen and oxygen atoms in total. The van der Waals surface area contributed by atoms with Crippen molar-refractivity contribution in [3.63, 3.8) is 0 Å². The molecule has 2 rings (SSSR count). The van der Waals surface area contributed by atoms with E-state index in [-0.39, 0.29) is 11.5 Å². The summed E-state index contributed by atoms with van der Waals surface area (Å²) in [5, 5.41) is 0. The highest BCUT2D eigenvalue weighted by molar-refractivity contribution is 8.21. The monoisotopic (exact) mass is 408 g/mol. The largest absolute Gasteiger partial charge is 0.207 e. The van der Waals surface area contributed by atoms with Crippen molar-refractivity contribution >= 4 is 48.8 Å². The second-order valence-corrected chi connectivity index (χ2v) is 8.13. The molecule has 0 aliphatic heterocycles. The number of rotatable bonds is 6. The van der Waals surface area contributed by atoms with Gasteiger partial charge < -0.3 is 0 Å². The number of hydrogen-bond donors (Lipinski definition) is 2. The molecule has 0 unspecified atom stereocenters. The summed E-state index contributed by atoms with van der Waals surface area (Å²) < 4.78 is 53.9. The lowest BCUT2D eigenvalue weighted by atomic mass is 10.2. The highest BCUT2D eigenvalue weighted by Gasteiger charge is 2.09. The molecule has 0 aliphatic rings. The minimum Gasteiger partial charge on any atom is -0.207 e. The lowest BCUT2D eigenvalue weighted by Crippen LogP contribution is -1.90. The van der Waals surface area contributed by atoms with Gasteiger partial charge in [0.2, 0.25) is 0 Å². The number of benzene rings is 2. The molecule has 0 fully saturated rings. The summed E-state index contributed by atoms with van der Waals surface area (Å²) in [6, 6.07) is 6.77. The molecular weight excluding hydrogens is 396 g/mol. The zero-order chi connectivity index (χ0) is 17.7. The third kappa shape index (κ3) is 5.68. The molecule has 8 heteroatoms. The van der Waals surface area contributed by atoms with Gasteiger partial charge in [0, 0.05) is 23.6 Å². The molecule has 0 saturated heterocycles. The zero-order valence-electron chi connectivity index (χ0n) is 12.1. The van der Waals surface area contributed by atoms with Gasteiger partial charge in [0.05, 0.1) is 8.47 Å². The third-order valence-corrected chi connectivity index (χ3v) is 6.64. The summed E-state index contributed by atoms with van der Waals surface area (Å²) in [7, 11) is 0. The maximum atomic E-state index is 13.6. The van der Waals surface area contributed by atoms with Crippen molar-refractivity contribution in [1.29, 1.82) is 0 Å². The van der Waals surface area contributed by atoms with E-state index in [4.69, 9.17) is 0 Å². The maximum absolute atomic E-state index is 13.6. The number of thioether (sulfide) groups is 2. The Labute approximate surface area is 156 Å². The fraction of sp³-hybridized carbons (Fsp3) is 0.125. The van der Waals surface area contributed by atoms with Gasteiger partial charge in [-0.15, -0.1) is 48.8 Å². The van der Waals surface area contributed by atoms with Crippen LogP contribution >= 0.6 is 48.8 Å². The van der Waals surface area contributed by atoms with Crippen LogP contribution in [0, 0.1) is 23.3 Å². The van der Waals surface area contributed by atoms with E-state index < -0.39 is 23.3 Å². The molecule has 0 saturated carbocycles. The second-order valence-electron chi connectivity index (χ2n) is 4.66. The van der Waals surface area contributed by atoms with Crippen molar-refractivity contribution in [3.05, 3.63) is 79.3 Å². The number of thiol groups is 2. The van der Waals surface area contributed by atoms with Gasteiger partial charge in [-0.05, 0) is 23.3 Å². The van der Waals surface area contributed by atoms with E-state index in [1.165, 1.54) is 47.8 Å². The van der Waals surface area contributed by atoms with Gasteiger partial charge in [-0.1, -0.05) is 12.1 Å².